The van der Waals surface area contributed by atoms with E-state index in [1.54, 1.807) is 30.3 Å². The topological polar surface area (TPSA) is 85.8 Å². The zero-order valence-corrected chi connectivity index (χ0v) is 15.3. The minimum absolute atomic E-state index is 0.102. The van der Waals surface area contributed by atoms with Crippen LogP contribution in [0.25, 0.3) is 11.4 Å². The number of amides is 1. The Morgan fingerprint density at radius 2 is 2.00 bits per heavy atom. The summed E-state index contributed by atoms with van der Waals surface area (Å²) in [6.07, 6.45) is 0. The first-order valence-corrected chi connectivity index (χ1v) is 8.96. The van der Waals surface area contributed by atoms with Gasteiger partial charge in [0.05, 0.1) is 5.75 Å². The van der Waals surface area contributed by atoms with Crippen LogP contribution >= 0.6 is 23.4 Å². The van der Waals surface area contributed by atoms with Crippen LogP contribution < -0.4 is 11.2 Å². The first-order valence-electron chi connectivity index (χ1n) is 7.60. The van der Waals surface area contributed by atoms with Crippen molar-refractivity contribution < 1.29 is 9.18 Å². The number of hydrogen-bond acceptors (Lipinski definition) is 5. The molecule has 6 nitrogen and oxygen atoms in total. The molecule has 26 heavy (non-hydrogen) atoms. The molecular formula is C17H15ClFN5OS. The van der Waals surface area contributed by atoms with E-state index in [2.05, 4.69) is 15.5 Å². The molecule has 0 saturated heterocycles. The molecule has 0 aliphatic carbocycles. The van der Waals surface area contributed by atoms with Gasteiger partial charge in [-0.2, -0.15) is 0 Å². The van der Waals surface area contributed by atoms with Gasteiger partial charge < -0.3 is 11.2 Å². The summed E-state index contributed by atoms with van der Waals surface area (Å²) in [6, 6.07) is 11.1. The lowest BCUT2D eigenvalue weighted by Crippen LogP contribution is -2.17. The molecule has 0 bridgehead atoms. The Morgan fingerprint density at radius 3 is 2.73 bits per heavy atom. The van der Waals surface area contributed by atoms with Gasteiger partial charge >= 0.3 is 0 Å². The Kier molecular flexibility index (Phi) is 5.43. The summed E-state index contributed by atoms with van der Waals surface area (Å²) in [5, 5.41) is 11.7. The van der Waals surface area contributed by atoms with E-state index < -0.39 is 0 Å². The normalized spacial score (nSPS) is 10.7. The zero-order chi connectivity index (χ0) is 18.7. The Bertz CT molecular complexity index is 945. The summed E-state index contributed by atoms with van der Waals surface area (Å²) in [5.74, 6) is 5.91. The van der Waals surface area contributed by atoms with Crippen molar-refractivity contribution in [2.24, 2.45) is 0 Å². The van der Waals surface area contributed by atoms with Gasteiger partial charge in [0, 0.05) is 16.3 Å². The van der Waals surface area contributed by atoms with Crippen LogP contribution in [0.15, 0.2) is 47.6 Å². The van der Waals surface area contributed by atoms with Gasteiger partial charge in [-0.05, 0) is 48.9 Å². The summed E-state index contributed by atoms with van der Waals surface area (Å²) in [4.78, 5) is 12.2. The monoisotopic (exact) mass is 391 g/mol. The van der Waals surface area contributed by atoms with E-state index in [1.165, 1.54) is 16.8 Å². The van der Waals surface area contributed by atoms with Crippen LogP contribution in [-0.4, -0.2) is 26.5 Å². The van der Waals surface area contributed by atoms with Crippen LogP contribution in [0.5, 0.6) is 0 Å². The number of thioether (sulfide) groups is 1. The van der Waals surface area contributed by atoms with E-state index in [0.717, 1.165) is 17.3 Å². The molecule has 0 radical (unpaired) electrons. The van der Waals surface area contributed by atoms with Crippen molar-refractivity contribution in [3.8, 4) is 11.4 Å². The Labute approximate surface area is 158 Å². The molecule has 1 heterocycles. The SMILES string of the molecule is Cc1c(Cl)cccc1NC(=O)CSc1nnc(-c2ccc(F)cc2)n1N. The van der Waals surface area contributed by atoms with Gasteiger partial charge in [0.15, 0.2) is 5.82 Å². The summed E-state index contributed by atoms with van der Waals surface area (Å²) in [7, 11) is 0. The van der Waals surface area contributed by atoms with Crippen LogP contribution in [0.1, 0.15) is 5.56 Å². The highest BCUT2D eigenvalue weighted by Crippen LogP contribution is 2.24. The predicted molar refractivity (Wildman–Crippen MR) is 101 cm³/mol. The Balaban J connectivity index is 1.66. The average Bonchev–Trinajstić information content (AvgIpc) is 2.99. The van der Waals surface area contributed by atoms with Gasteiger partial charge in [-0.1, -0.05) is 29.4 Å². The third kappa shape index (κ3) is 3.97. The van der Waals surface area contributed by atoms with E-state index in [1.807, 2.05) is 6.92 Å². The number of hydrogen-bond donors (Lipinski definition) is 2. The fourth-order valence-corrected chi connectivity index (χ4v) is 3.06. The molecule has 1 amide bonds. The van der Waals surface area contributed by atoms with Gasteiger partial charge in [0.2, 0.25) is 11.1 Å². The smallest absolute Gasteiger partial charge is 0.234 e. The quantitative estimate of drug-likeness (QED) is 0.513. The third-order valence-electron chi connectivity index (χ3n) is 3.64. The number of aromatic nitrogens is 3. The number of nitrogens with two attached hydrogens (primary N) is 1. The molecule has 3 aromatic rings. The number of anilines is 1. The molecule has 0 fully saturated rings. The lowest BCUT2D eigenvalue weighted by molar-refractivity contribution is -0.113. The second-order valence-electron chi connectivity index (χ2n) is 5.43. The minimum atomic E-state index is -0.348. The summed E-state index contributed by atoms with van der Waals surface area (Å²) >= 11 is 7.19. The number of nitrogens with one attached hydrogen (secondary N) is 1. The average molecular weight is 392 g/mol. The van der Waals surface area contributed by atoms with E-state index in [-0.39, 0.29) is 17.5 Å². The van der Waals surface area contributed by atoms with E-state index in [9.17, 15) is 9.18 Å². The molecular weight excluding hydrogens is 377 g/mol. The minimum Gasteiger partial charge on any atom is -0.335 e. The van der Waals surface area contributed by atoms with Crippen molar-refractivity contribution in [1.29, 1.82) is 0 Å². The predicted octanol–water partition coefficient (Wildman–Crippen LogP) is 3.49. The molecule has 0 unspecified atom stereocenters. The first kappa shape index (κ1) is 18.2. The van der Waals surface area contributed by atoms with Gasteiger partial charge in [0.1, 0.15) is 5.82 Å². The molecule has 134 valence electrons. The largest absolute Gasteiger partial charge is 0.335 e. The van der Waals surface area contributed by atoms with Crippen molar-refractivity contribution in [3.63, 3.8) is 0 Å². The van der Waals surface area contributed by atoms with Crippen LogP contribution in [-0.2, 0) is 4.79 Å². The molecule has 9 heteroatoms. The Hall–Kier alpha value is -2.58. The third-order valence-corrected chi connectivity index (χ3v) is 4.99. The standard InChI is InChI=1S/C17H15ClFN5OS/c1-10-13(18)3-2-4-14(10)21-15(25)9-26-17-23-22-16(24(17)20)11-5-7-12(19)8-6-11/h2-8H,9,20H2,1H3,(H,21,25). The Morgan fingerprint density at radius 1 is 1.27 bits per heavy atom. The van der Waals surface area contributed by atoms with Crippen molar-refractivity contribution in [2.45, 2.75) is 12.1 Å². The maximum absolute atomic E-state index is 13.0. The van der Waals surface area contributed by atoms with E-state index >= 15 is 0 Å². The van der Waals surface area contributed by atoms with Crippen LogP contribution in [0.3, 0.4) is 0 Å². The van der Waals surface area contributed by atoms with Gasteiger partial charge in [-0.15, -0.1) is 10.2 Å². The number of benzene rings is 2. The summed E-state index contributed by atoms with van der Waals surface area (Å²) in [6.45, 7) is 1.83. The number of nitrogen functional groups attached to an aromatic ring is 1. The van der Waals surface area contributed by atoms with Crippen LogP contribution in [0.2, 0.25) is 5.02 Å². The molecule has 0 spiro atoms. The number of carbonyl (C=O) groups excluding carboxylic acids is 1. The lowest BCUT2D eigenvalue weighted by Gasteiger charge is -2.09. The number of nitrogens with zero attached hydrogens (tertiary/aromatic N) is 3. The second kappa shape index (κ2) is 7.76. The van der Waals surface area contributed by atoms with Gasteiger partial charge in [-0.25, -0.2) is 9.07 Å². The van der Waals surface area contributed by atoms with Crippen LogP contribution in [0, 0.1) is 12.7 Å². The van der Waals surface area contributed by atoms with Crippen molar-refractivity contribution in [2.75, 3.05) is 16.9 Å². The second-order valence-corrected chi connectivity index (χ2v) is 6.78. The molecule has 0 atom stereocenters. The lowest BCUT2D eigenvalue weighted by atomic mass is 10.2. The van der Waals surface area contributed by atoms with E-state index in [0.29, 0.717) is 27.3 Å². The number of rotatable bonds is 5. The van der Waals surface area contributed by atoms with E-state index in [4.69, 9.17) is 17.4 Å². The molecule has 2 aromatic carbocycles. The maximum atomic E-state index is 13.0. The zero-order valence-electron chi connectivity index (χ0n) is 13.7. The van der Waals surface area contributed by atoms with Crippen LogP contribution in [0.4, 0.5) is 10.1 Å². The van der Waals surface area contributed by atoms with Crippen molar-refractivity contribution >= 4 is 35.0 Å². The highest BCUT2D eigenvalue weighted by atomic mass is 35.5. The highest BCUT2D eigenvalue weighted by molar-refractivity contribution is 7.99. The maximum Gasteiger partial charge on any atom is 0.234 e. The van der Waals surface area contributed by atoms with Gasteiger partial charge in [-0.3, -0.25) is 4.79 Å². The molecule has 0 aliphatic rings. The molecule has 0 saturated carbocycles. The fourth-order valence-electron chi connectivity index (χ4n) is 2.23. The molecule has 3 N–H and O–H groups in total. The number of carbonyl (C=O) groups is 1. The van der Waals surface area contributed by atoms with Crippen molar-refractivity contribution in [3.05, 3.63) is 58.9 Å². The summed E-state index contributed by atoms with van der Waals surface area (Å²) < 4.78 is 14.3. The summed E-state index contributed by atoms with van der Waals surface area (Å²) in [5.41, 5.74) is 2.09. The molecule has 1 aromatic heterocycles. The molecule has 0 aliphatic heterocycles. The first-order chi connectivity index (χ1) is 12.5. The fraction of sp³-hybridized carbons (Fsp3) is 0.118. The highest BCUT2D eigenvalue weighted by Gasteiger charge is 2.14. The van der Waals surface area contributed by atoms with Crippen molar-refractivity contribution in [1.82, 2.24) is 14.9 Å². The number of halogens is 2. The molecule has 3 rings (SSSR count). The van der Waals surface area contributed by atoms with Gasteiger partial charge in [0.25, 0.3) is 0 Å².